The lowest BCUT2D eigenvalue weighted by molar-refractivity contribution is 0.00946. The molecule has 0 spiro atoms. The number of carbonyl (C=O) groups is 1. The number of rotatable bonds is 5. The van der Waals surface area contributed by atoms with Crippen LogP contribution in [-0.4, -0.2) is 36.7 Å². The Balaban J connectivity index is 1.20. The molecular weight excluding hydrogens is 300 g/mol. The molecule has 2 fully saturated rings. The third-order valence-corrected chi connectivity index (χ3v) is 5.60. The predicted octanol–water partition coefficient (Wildman–Crippen LogP) is 3.28. The van der Waals surface area contributed by atoms with Crippen LogP contribution >= 0.6 is 0 Å². The Morgan fingerprint density at radius 3 is 2.71 bits per heavy atom. The lowest BCUT2D eigenvalue weighted by Gasteiger charge is -2.32. The number of fused-ring (bicyclic) bond motifs is 1. The van der Waals surface area contributed by atoms with Crippen molar-refractivity contribution < 1.29 is 9.53 Å². The lowest BCUT2D eigenvalue weighted by Crippen LogP contribution is -2.45. The molecule has 0 atom stereocenters. The first kappa shape index (κ1) is 15.9. The zero-order chi connectivity index (χ0) is 16.4. The Labute approximate surface area is 144 Å². The number of carbonyl (C=O) groups excluding carboxylic acids is 1. The Bertz CT molecular complexity index is 589. The zero-order valence-electron chi connectivity index (χ0n) is 14.4. The second-order valence-corrected chi connectivity index (χ2v) is 7.58. The zero-order valence-corrected chi connectivity index (χ0v) is 14.4. The van der Waals surface area contributed by atoms with Crippen molar-refractivity contribution in [3.63, 3.8) is 0 Å². The lowest BCUT2D eigenvalue weighted by atomic mass is 10.1. The molecule has 2 aliphatic carbocycles. The average molecular weight is 328 g/mol. The maximum Gasteiger partial charge on any atom is 0.317 e. The van der Waals surface area contributed by atoms with E-state index in [4.69, 9.17) is 4.74 Å². The molecule has 0 aromatic heterocycles. The molecule has 1 N–H and O–H groups in total. The number of benzene rings is 1. The highest BCUT2D eigenvalue weighted by atomic mass is 16.5. The van der Waals surface area contributed by atoms with E-state index in [-0.39, 0.29) is 6.03 Å². The van der Waals surface area contributed by atoms with Gasteiger partial charge in [-0.1, -0.05) is 18.2 Å². The first-order valence-electron chi connectivity index (χ1n) is 9.53. The molecule has 1 aliphatic heterocycles. The number of aryl methyl sites for hydroxylation is 2. The molecular formula is C20H28N2O2. The molecule has 2 amide bonds. The SMILES string of the molecule is O=C(NCc1ccc2c(c1)CCC2)N1CCC(OCC2CC2)CC1. The van der Waals surface area contributed by atoms with Gasteiger partial charge < -0.3 is 15.0 Å². The van der Waals surface area contributed by atoms with Gasteiger partial charge in [0.05, 0.1) is 6.10 Å². The van der Waals surface area contributed by atoms with E-state index < -0.39 is 0 Å². The summed E-state index contributed by atoms with van der Waals surface area (Å²) in [6.07, 6.45) is 8.63. The van der Waals surface area contributed by atoms with E-state index in [1.54, 1.807) is 0 Å². The number of hydrogen-bond acceptors (Lipinski definition) is 2. The van der Waals surface area contributed by atoms with Crippen molar-refractivity contribution >= 4 is 6.03 Å². The Kier molecular flexibility index (Phi) is 4.74. The van der Waals surface area contributed by atoms with E-state index >= 15 is 0 Å². The van der Waals surface area contributed by atoms with Crippen molar-refractivity contribution in [1.82, 2.24) is 10.2 Å². The van der Waals surface area contributed by atoms with Crippen LogP contribution in [-0.2, 0) is 24.1 Å². The minimum Gasteiger partial charge on any atom is -0.378 e. The summed E-state index contributed by atoms with van der Waals surface area (Å²) >= 11 is 0. The molecule has 1 saturated heterocycles. The van der Waals surface area contributed by atoms with Gasteiger partial charge in [-0.15, -0.1) is 0 Å². The van der Waals surface area contributed by atoms with Crippen LogP contribution in [0, 0.1) is 5.92 Å². The third-order valence-electron chi connectivity index (χ3n) is 5.60. The molecule has 0 bridgehead atoms. The summed E-state index contributed by atoms with van der Waals surface area (Å²) in [6, 6.07) is 6.71. The Morgan fingerprint density at radius 2 is 1.92 bits per heavy atom. The van der Waals surface area contributed by atoms with E-state index in [0.29, 0.717) is 12.6 Å². The van der Waals surface area contributed by atoms with E-state index in [1.165, 1.54) is 48.8 Å². The van der Waals surface area contributed by atoms with E-state index in [0.717, 1.165) is 38.5 Å². The molecule has 24 heavy (non-hydrogen) atoms. The Morgan fingerprint density at radius 1 is 1.12 bits per heavy atom. The number of likely N-dealkylation sites (tertiary alicyclic amines) is 1. The van der Waals surface area contributed by atoms with E-state index in [2.05, 4.69) is 23.5 Å². The summed E-state index contributed by atoms with van der Waals surface area (Å²) in [5.41, 5.74) is 4.17. The number of piperidine rings is 1. The molecule has 1 saturated carbocycles. The second kappa shape index (κ2) is 7.14. The van der Waals surface area contributed by atoms with Crippen molar-refractivity contribution in [2.75, 3.05) is 19.7 Å². The minimum atomic E-state index is 0.0659. The molecule has 1 aromatic rings. The fraction of sp³-hybridized carbons (Fsp3) is 0.650. The summed E-state index contributed by atoms with van der Waals surface area (Å²) in [5.74, 6) is 0.818. The fourth-order valence-corrected chi connectivity index (χ4v) is 3.81. The van der Waals surface area contributed by atoms with E-state index in [9.17, 15) is 4.79 Å². The number of ether oxygens (including phenoxy) is 1. The molecule has 4 nitrogen and oxygen atoms in total. The summed E-state index contributed by atoms with van der Waals surface area (Å²) < 4.78 is 5.95. The monoisotopic (exact) mass is 328 g/mol. The topological polar surface area (TPSA) is 41.6 Å². The fourth-order valence-electron chi connectivity index (χ4n) is 3.81. The van der Waals surface area contributed by atoms with Gasteiger partial charge in [-0.25, -0.2) is 4.79 Å². The van der Waals surface area contributed by atoms with E-state index in [1.807, 2.05) is 4.90 Å². The highest BCUT2D eigenvalue weighted by Crippen LogP contribution is 2.30. The molecule has 1 heterocycles. The smallest absolute Gasteiger partial charge is 0.317 e. The van der Waals surface area contributed by atoms with Crippen molar-refractivity contribution in [2.45, 2.75) is 57.6 Å². The average Bonchev–Trinajstić information content (AvgIpc) is 3.33. The summed E-state index contributed by atoms with van der Waals surface area (Å²) in [7, 11) is 0. The van der Waals surface area contributed by atoms with Gasteiger partial charge in [0.2, 0.25) is 0 Å². The van der Waals surface area contributed by atoms with Crippen LogP contribution in [0.25, 0.3) is 0 Å². The van der Waals surface area contributed by atoms with Crippen LogP contribution in [0.2, 0.25) is 0 Å². The molecule has 130 valence electrons. The predicted molar refractivity (Wildman–Crippen MR) is 94.0 cm³/mol. The van der Waals surface area contributed by atoms with Crippen molar-refractivity contribution in [2.24, 2.45) is 5.92 Å². The first-order chi connectivity index (χ1) is 11.8. The minimum absolute atomic E-state index is 0.0659. The van der Waals surface area contributed by atoms with Crippen LogP contribution in [0.4, 0.5) is 4.79 Å². The molecule has 0 unspecified atom stereocenters. The molecule has 4 rings (SSSR count). The van der Waals surface area contributed by atoms with Crippen molar-refractivity contribution in [3.05, 3.63) is 34.9 Å². The van der Waals surface area contributed by atoms with Gasteiger partial charge in [-0.05, 0) is 67.6 Å². The van der Waals surface area contributed by atoms with Crippen LogP contribution < -0.4 is 5.32 Å². The van der Waals surface area contributed by atoms with Crippen LogP contribution in [0.15, 0.2) is 18.2 Å². The van der Waals surface area contributed by atoms with Crippen molar-refractivity contribution in [3.8, 4) is 0 Å². The quantitative estimate of drug-likeness (QED) is 0.901. The third kappa shape index (κ3) is 3.92. The van der Waals surface area contributed by atoms with Gasteiger partial charge in [-0.3, -0.25) is 0 Å². The largest absolute Gasteiger partial charge is 0.378 e. The summed E-state index contributed by atoms with van der Waals surface area (Å²) in [4.78, 5) is 14.3. The number of amides is 2. The van der Waals surface area contributed by atoms with Crippen LogP contribution in [0.1, 0.15) is 48.8 Å². The van der Waals surface area contributed by atoms with Crippen LogP contribution in [0.3, 0.4) is 0 Å². The number of nitrogens with one attached hydrogen (secondary N) is 1. The maximum atomic E-state index is 12.4. The number of nitrogens with zero attached hydrogens (tertiary/aromatic N) is 1. The molecule has 3 aliphatic rings. The maximum absolute atomic E-state index is 12.4. The second-order valence-electron chi connectivity index (χ2n) is 7.58. The standard InChI is InChI=1S/C20H28N2O2/c23-20(21-13-16-6-7-17-2-1-3-18(17)12-16)22-10-8-19(9-11-22)24-14-15-4-5-15/h6-7,12,15,19H,1-5,8-11,13-14H2,(H,21,23). The Hall–Kier alpha value is -1.55. The molecule has 4 heteroatoms. The molecule has 1 aromatic carbocycles. The van der Waals surface area contributed by atoms with Crippen LogP contribution in [0.5, 0.6) is 0 Å². The summed E-state index contributed by atoms with van der Waals surface area (Å²) in [6.45, 7) is 3.18. The number of hydrogen-bond donors (Lipinski definition) is 1. The van der Waals surface area contributed by atoms with Gasteiger partial charge in [0, 0.05) is 26.2 Å². The van der Waals surface area contributed by atoms with Gasteiger partial charge in [-0.2, -0.15) is 0 Å². The summed E-state index contributed by atoms with van der Waals surface area (Å²) in [5, 5.41) is 3.08. The normalized spacial score (nSPS) is 20.9. The van der Waals surface area contributed by atoms with Gasteiger partial charge in [0.1, 0.15) is 0 Å². The highest BCUT2D eigenvalue weighted by molar-refractivity contribution is 5.74. The number of urea groups is 1. The van der Waals surface area contributed by atoms with Crippen molar-refractivity contribution in [1.29, 1.82) is 0 Å². The molecule has 0 radical (unpaired) electrons. The van der Waals surface area contributed by atoms with Gasteiger partial charge >= 0.3 is 6.03 Å². The highest BCUT2D eigenvalue weighted by Gasteiger charge is 2.26. The first-order valence-corrected chi connectivity index (χ1v) is 9.53. The van der Waals surface area contributed by atoms with Gasteiger partial charge in [0.15, 0.2) is 0 Å². The van der Waals surface area contributed by atoms with Gasteiger partial charge in [0.25, 0.3) is 0 Å².